The molecule has 0 amide bonds. The van der Waals surface area contributed by atoms with Crippen molar-refractivity contribution in [2.24, 2.45) is 0 Å². The van der Waals surface area contributed by atoms with E-state index in [0.717, 1.165) is 17.8 Å². The fourth-order valence-electron chi connectivity index (χ4n) is 1.27. The van der Waals surface area contributed by atoms with Crippen molar-refractivity contribution >= 4 is 16.8 Å². The average Bonchev–Trinajstić information content (AvgIpc) is 2.14. The van der Waals surface area contributed by atoms with Crippen LogP contribution in [0.15, 0.2) is 18.2 Å². The topological polar surface area (TPSA) is 23.9 Å². The molecule has 0 aliphatic heterocycles. The lowest BCUT2D eigenvalue weighted by molar-refractivity contribution is -0.138. The van der Waals surface area contributed by atoms with Gasteiger partial charge in [-0.2, -0.15) is 13.2 Å². The van der Waals surface area contributed by atoms with Crippen molar-refractivity contribution in [3.8, 4) is 0 Å². The molecule has 0 radical (unpaired) electrons. The van der Waals surface area contributed by atoms with Gasteiger partial charge in [0.2, 0.25) is 0 Å². The Morgan fingerprint density at radius 3 is 2.50 bits per heavy atom. The highest BCUT2D eigenvalue weighted by atomic mass is 32.2. The Labute approximate surface area is 96.6 Å². The molecule has 0 unspecified atom stereocenters. The molecule has 1 N–H and O–H groups in total. The Morgan fingerprint density at radius 1 is 1.38 bits per heavy atom. The minimum atomic E-state index is -4.32. The number of alkyl halides is 3. The summed E-state index contributed by atoms with van der Waals surface area (Å²) in [5.41, 5.74) is 0.226. The Bertz CT molecular complexity index is 399. The predicted octanol–water partition coefficient (Wildman–Crippen LogP) is 4.24. The first-order valence-electron chi connectivity index (χ1n) is 4.65. The Morgan fingerprint density at radius 2 is 2.00 bits per heavy atom. The number of thioether (sulfide) groups is 1. The summed E-state index contributed by atoms with van der Waals surface area (Å²) in [5.74, 6) is 0.185. The molecule has 0 saturated heterocycles. The number of benzene rings is 1. The molecular weight excluding hydrogens is 235 g/mol. The highest BCUT2D eigenvalue weighted by Crippen LogP contribution is 2.34. The van der Waals surface area contributed by atoms with E-state index in [1.807, 2.05) is 0 Å². The maximum atomic E-state index is 12.7. The molecule has 0 heterocycles. The molecule has 0 aliphatic carbocycles. The fraction of sp³-hybridized carbons (Fsp3) is 0.364. The van der Waals surface area contributed by atoms with Gasteiger partial charge >= 0.3 is 6.18 Å². The van der Waals surface area contributed by atoms with Gasteiger partial charge in [-0.25, -0.2) is 0 Å². The van der Waals surface area contributed by atoms with Crippen LogP contribution in [0.2, 0.25) is 0 Å². The van der Waals surface area contributed by atoms with Crippen molar-refractivity contribution in [2.75, 3.05) is 0 Å². The van der Waals surface area contributed by atoms with Gasteiger partial charge in [-0.15, -0.1) is 11.8 Å². The third kappa shape index (κ3) is 3.56. The van der Waals surface area contributed by atoms with E-state index in [1.54, 1.807) is 19.9 Å². The van der Waals surface area contributed by atoms with Gasteiger partial charge in [0.05, 0.1) is 10.6 Å². The summed E-state index contributed by atoms with van der Waals surface area (Å²) in [6.45, 7) is 3.19. The second-order valence-electron chi connectivity index (χ2n) is 3.50. The number of aryl methyl sites for hydroxylation is 1. The summed E-state index contributed by atoms with van der Waals surface area (Å²) in [6.07, 6.45) is -4.32. The van der Waals surface area contributed by atoms with Crippen LogP contribution in [0, 0.1) is 12.3 Å². The van der Waals surface area contributed by atoms with E-state index >= 15 is 0 Å². The first kappa shape index (κ1) is 13.1. The smallest absolute Gasteiger partial charge is 0.299 e. The summed E-state index contributed by atoms with van der Waals surface area (Å²) >= 11 is 1.10. The Balaban J connectivity index is 3.03. The second-order valence-corrected chi connectivity index (χ2v) is 4.69. The molecule has 1 rings (SSSR count). The molecule has 0 aliphatic rings. The summed E-state index contributed by atoms with van der Waals surface area (Å²) in [7, 11) is 0. The Kier molecular flexibility index (Phi) is 4.02. The van der Waals surface area contributed by atoms with Gasteiger partial charge in [-0.3, -0.25) is 5.41 Å². The van der Waals surface area contributed by atoms with E-state index in [0.29, 0.717) is 10.6 Å². The van der Waals surface area contributed by atoms with Crippen molar-refractivity contribution in [1.29, 1.82) is 5.41 Å². The van der Waals surface area contributed by atoms with Crippen molar-refractivity contribution in [3.63, 3.8) is 0 Å². The van der Waals surface area contributed by atoms with E-state index in [2.05, 4.69) is 0 Å². The van der Waals surface area contributed by atoms with E-state index in [4.69, 9.17) is 5.41 Å². The summed E-state index contributed by atoms with van der Waals surface area (Å²) < 4.78 is 38.1. The predicted molar refractivity (Wildman–Crippen MR) is 60.9 cm³/mol. The van der Waals surface area contributed by atoms with Gasteiger partial charge in [0, 0.05) is 5.75 Å². The largest absolute Gasteiger partial charge is 0.416 e. The van der Waals surface area contributed by atoms with Crippen LogP contribution in [0.1, 0.15) is 23.6 Å². The van der Waals surface area contributed by atoms with E-state index in [1.165, 1.54) is 6.07 Å². The molecule has 0 fully saturated rings. The zero-order valence-corrected chi connectivity index (χ0v) is 9.80. The summed E-state index contributed by atoms with van der Waals surface area (Å²) in [4.78, 5) is 0. The van der Waals surface area contributed by atoms with Crippen molar-refractivity contribution in [1.82, 2.24) is 0 Å². The zero-order valence-electron chi connectivity index (χ0n) is 8.98. The quantitative estimate of drug-likeness (QED) is 0.613. The van der Waals surface area contributed by atoms with Crippen LogP contribution >= 0.6 is 11.8 Å². The molecule has 0 bridgehead atoms. The van der Waals surface area contributed by atoms with E-state index in [-0.39, 0.29) is 11.3 Å². The highest BCUT2D eigenvalue weighted by molar-refractivity contribution is 8.13. The molecular formula is C11H12F3NS. The van der Waals surface area contributed by atoms with Crippen LogP contribution in [-0.4, -0.2) is 5.04 Å². The number of nitrogens with one attached hydrogen (secondary N) is 1. The molecule has 0 spiro atoms. The lowest BCUT2D eigenvalue weighted by atomic mass is 10.1. The second kappa shape index (κ2) is 4.91. The minimum Gasteiger partial charge on any atom is -0.299 e. The van der Waals surface area contributed by atoms with Gasteiger partial charge in [0.25, 0.3) is 0 Å². The average molecular weight is 247 g/mol. The van der Waals surface area contributed by atoms with Crippen molar-refractivity contribution in [2.45, 2.75) is 25.8 Å². The number of halogens is 3. The molecule has 16 heavy (non-hydrogen) atoms. The fourth-order valence-corrected chi connectivity index (χ4v) is 1.89. The minimum absolute atomic E-state index is 0.185. The SMILES string of the molecule is CC(=N)SCc1ccc(C)cc1C(F)(F)F. The normalized spacial score (nSPS) is 11.6. The first-order chi connectivity index (χ1) is 7.30. The summed E-state index contributed by atoms with van der Waals surface area (Å²) in [5, 5.41) is 7.51. The number of hydrogen-bond acceptors (Lipinski definition) is 2. The third-order valence-corrected chi connectivity index (χ3v) is 2.90. The van der Waals surface area contributed by atoms with Crippen LogP contribution in [-0.2, 0) is 11.9 Å². The molecule has 0 aromatic heterocycles. The molecule has 1 aromatic rings. The maximum absolute atomic E-state index is 12.7. The molecule has 0 saturated carbocycles. The van der Waals surface area contributed by atoms with Gasteiger partial charge in [-0.05, 0) is 25.5 Å². The van der Waals surface area contributed by atoms with E-state index < -0.39 is 11.7 Å². The van der Waals surface area contributed by atoms with E-state index in [9.17, 15) is 13.2 Å². The zero-order chi connectivity index (χ0) is 12.3. The van der Waals surface area contributed by atoms with Crippen molar-refractivity contribution < 1.29 is 13.2 Å². The standard InChI is InChI=1S/C11H12F3NS/c1-7-3-4-9(6-16-8(2)15)10(5-7)11(12,13)14/h3-5,15H,6H2,1-2H3. The lowest BCUT2D eigenvalue weighted by Gasteiger charge is -2.13. The van der Waals surface area contributed by atoms with Crippen LogP contribution in [0.25, 0.3) is 0 Å². The number of hydrogen-bond donors (Lipinski definition) is 1. The molecule has 5 heteroatoms. The van der Waals surface area contributed by atoms with Gasteiger partial charge in [0.15, 0.2) is 0 Å². The van der Waals surface area contributed by atoms with Crippen molar-refractivity contribution in [3.05, 3.63) is 34.9 Å². The Hall–Kier alpha value is -0.970. The third-order valence-electron chi connectivity index (χ3n) is 2.01. The molecule has 0 atom stereocenters. The van der Waals surface area contributed by atoms with Crippen LogP contribution < -0.4 is 0 Å². The van der Waals surface area contributed by atoms with Crippen LogP contribution in [0.4, 0.5) is 13.2 Å². The highest BCUT2D eigenvalue weighted by Gasteiger charge is 2.33. The molecule has 1 nitrogen and oxygen atoms in total. The lowest BCUT2D eigenvalue weighted by Crippen LogP contribution is -2.09. The molecule has 1 aromatic carbocycles. The maximum Gasteiger partial charge on any atom is 0.416 e. The van der Waals surface area contributed by atoms with Crippen LogP contribution in [0.5, 0.6) is 0 Å². The molecule has 88 valence electrons. The summed E-state index contributed by atoms with van der Waals surface area (Å²) in [6, 6.07) is 4.29. The first-order valence-corrected chi connectivity index (χ1v) is 5.64. The van der Waals surface area contributed by atoms with Gasteiger partial charge in [-0.1, -0.05) is 17.7 Å². The monoisotopic (exact) mass is 247 g/mol. The number of rotatable bonds is 2. The van der Waals surface area contributed by atoms with Crippen LogP contribution in [0.3, 0.4) is 0 Å². The van der Waals surface area contributed by atoms with Gasteiger partial charge in [0.1, 0.15) is 0 Å². The van der Waals surface area contributed by atoms with Gasteiger partial charge < -0.3 is 0 Å².